The fourth-order valence-corrected chi connectivity index (χ4v) is 3.56. The van der Waals surface area contributed by atoms with E-state index in [9.17, 15) is 4.79 Å². The molecule has 0 saturated heterocycles. The van der Waals surface area contributed by atoms with Gasteiger partial charge in [-0.25, -0.2) is 0 Å². The number of aromatic nitrogens is 1. The first-order valence-electron chi connectivity index (χ1n) is 8.36. The molecule has 0 saturated carbocycles. The van der Waals surface area contributed by atoms with Gasteiger partial charge < -0.3 is 10.3 Å². The average Bonchev–Trinajstić information content (AvgIpc) is 3.01. The zero-order valence-electron chi connectivity index (χ0n) is 13.7. The lowest BCUT2D eigenvalue weighted by Crippen LogP contribution is -2.55. The molecule has 4 rings (SSSR count). The zero-order valence-corrected chi connectivity index (χ0v) is 13.7. The Morgan fingerprint density at radius 2 is 1.88 bits per heavy atom. The number of benzene rings is 2. The highest BCUT2D eigenvalue weighted by molar-refractivity contribution is 5.92. The third kappa shape index (κ3) is 2.39. The Labute approximate surface area is 141 Å². The van der Waals surface area contributed by atoms with Crippen molar-refractivity contribution in [2.75, 3.05) is 6.54 Å². The maximum absolute atomic E-state index is 12.9. The minimum atomic E-state index is -0.735. The maximum Gasteiger partial charge on any atom is 0.246 e. The first kappa shape index (κ1) is 15.0. The number of hydrogen-bond acceptors (Lipinski definition) is 2. The number of nitrogens with one attached hydrogen (secondary N) is 3. The Morgan fingerprint density at radius 3 is 2.71 bits per heavy atom. The van der Waals surface area contributed by atoms with Gasteiger partial charge in [-0.3, -0.25) is 10.1 Å². The number of H-pyrrole nitrogens is 1. The van der Waals surface area contributed by atoms with E-state index in [1.165, 1.54) is 10.9 Å². The van der Waals surface area contributed by atoms with Gasteiger partial charge in [-0.2, -0.15) is 0 Å². The Morgan fingerprint density at radius 1 is 1.12 bits per heavy atom. The quantitative estimate of drug-likeness (QED) is 0.695. The molecule has 1 aliphatic rings. The fraction of sp³-hybridized carbons (Fsp3) is 0.250. The predicted octanol–water partition coefficient (Wildman–Crippen LogP) is 2.85. The summed E-state index contributed by atoms with van der Waals surface area (Å²) in [5, 5.41) is 7.70. The SMILES string of the molecule is C[C@]1(C(=O)NCc2ccccc2)NCCc2c1[nH]c1ccccc21. The first-order valence-corrected chi connectivity index (χ1v) is 8.36. The summed E-state index contributed by atoms with van der Waals surface area (Å²) in [4.78, 5) is 16.4. The highest BCUT2D eigenvalue weighted by Crippen LogP contribution is 2.33. The van der Waals surface area contributed by atoms with Crippen molar-refractivity contribution in [1.82, 2.24) is 15.6 Å². The van der Waals surface area contributed by atoms with E-state index in [-0.39, 0.29) is 5.91 Å². The summed E-state index contributed by atoms with van der Waals surface area (Å²) < 4.78 is 0. The van der Waals surface area contributed by atoms with Crippen molar-refractivity contribution >= 4 is 16.8 Å². The summed E-state index contributed by atoms with van der Waals surface area (Å²) >= 11 is 0. The summed E-state index contributed by atoms with van der Waals surface area (Å²) in [7, 11) is 0. The zero-order chi connectivity index (χ0) is 16.6. The second kappa shape index (κ2) is 5.80. The highest BCUT2D eigenvalue weighted by atomic mass is 16.2. The van der Waals surface area contributed by atoms with Crippen molar-refractivity contribution in [3.8, 4) is 0 Å². The van der Waals surface area contributed by atoms with E-state index in [2.05, 4.69) is 27.8 Å². The third-order valence-electron chi connectivity index (χ3n) is 4.92. The van der Waals surface area contributed by atoms with Gasteiger partial charge in [0.15, 0.2) is 0 Å². The molecule has 24 heavy (non-hydrogen) atoms. The number of hydrogen-bond donors (Lipinski definition) is 3. The van der Waals surface area contributed by atoms with E-state index in [4.69, 9.17) is 0 Å². The van der Waals surface area contributed by atoms with Gasteiger partial charge in [0.25, 0.3) is 0 Å². The van der Waals surface area contributed by atoms with Crippen LogP contribution in [-0.4, -0.2) is 17.4 Å². The van der Waals surface area contributed by atoms with Crippen LogP contribution in [0, 0.1) is 0 Å². The van der Waals surface area contributed by atoms with Crippen LogP contribution in [0.5, 0.6) is 0 Å². The Bertz CT molecular complexity index is 884. The summed E-state index contributed by atoms with van der Waals surface area (Å²) in [6, 6.07) is 18.2. The molecule has 0 unspecified atom stereocenters. The molecule has 2 heterocycles. The Balaban J connectivity index is 1.64. The molecule has 3 aromatic rings. The minimum absolute atomic E-state index is 0.00106. The van der Waals surface area contributed by atoms with E-state index < -0.39 is 5.54 Å². The van der Waals surface area contributed by atoms with Gasteiger partial charge in [0.1, 0.15) is 5.54 Å². The van der Waals surface area contributed by atoms with Crippen LogP contribution in [0.25, 0.3) is 10.9 Å². The number of para-hydroxylation sites is 1. The lowest BCUT2D eigenvalue weighted by atomic mass is 9.87. The number of carbonyl (C=O) groups is 1. The van der Waals surface area contributed by atoms with E-state index in [1.54, 1.807) is 0 Å². The molecule has 1 atom stereocenters. The highest BCUT2D eigenvalue weighted by Gasteiger charge is 2.40. The molecule has 2 aromatic carbocycles. The van der Waals surface area contributed by atoms with Crippen LogP contribution >= 0.6 is 0 Å². The van der Waals surface area contributed by atoms with Gasteiger partial charge in [-0.15, -0.1) is 0 Å². The second-order valence-electron chi connectivity index (χ2n) is 6.49. The molecule has 3 N–H and O–H groups in total. The van der Waals surface area contributed by atoms with Gasteiger partial charge in [0, 0.05) is 29.7 Å². The normalized spacial score (nSPS) is 19.9. The summed E-state index contributed by atoms with van der Waals surface area (Å²) in [6.07, 6.45) is 0.931. The number of carbonyl (C=O) groups excluding carboxylic acids is 1. The fourth-order valence-electron chi connectivity index (χ4n) is 3.56. The van der Waals surface area contributed by atoms with Crippen molar-refractivity contribution in [2.24, 2.45) is 0 Å². The number of rotatable bonds is 3. The third-order valence-corrected chi connectivity index (χ3v) is 4.92. The van der Waals surface area contributed by atoms with Crippen molar-refractivity contribution in [2.45, 2.75) is 25.4 Å². The lowest BCUT2D eigenvalue weighted by molar-refractivity contribution is -0.128. The van der Waals surface area contributed by atoms with Crippen LogP contribution in [-0.2, 0) is 23.3 Å². The molecule has 0 spiro atoms. The van der Waals surface area contributed by atoms with E-state index in [1.807, 2.05) is 49.4 Å². The Hall–Kier alpha value is -2.59. The average molecular weight is 319 g/mol. The van der Waals surface area contributed by atoms with Crippen LogP contribution in [0.2, 0.25) is 0 Å². The topological polar surface area (TPSA) is 56.9 Å². The molecule has 0 radical (unpaired) electrons. The van der Waals surface area contributed by atoms with E-state index in [0.717, 1.165) is 29.7 Å². The molecule has 1 aliphatic heterocycles. The van der Waals surface area contributed by atoms with Crippen LogP contribution in [0.1, 0.15) is 23.7 Å². The number of amides is 1. The standard InChI is InChI=1S/C20H21N3O/c1-20(19(24)21-13-14-7-3-2-4-8-14)18-16(11-12-22-20)15-9-5-6-10-17(15)23-18/h2-10,22-23H,11-13H2,1H3,(H,21,24)/t20-/m0/s1. The summed E-state index contributed by atoms with van der Waals surface area (Å²) in [5.74, 6) is -0.00106. The molecular weight excluding hydrogens is 298 g/mol. The van der Waals surface area contributed by atoms with Gasteiger partial charge >= 0.3 is 0 Å². The van der Waals surface area contributed by atoms with Crippen LogP contribution < -0.4 is 10.6 Å². The molecular formula is C20H21N3O. The predicted molar refractivity (Wildman–Crippen MR) is 95.6 cm³/mol. The molecule has 122 valence electrons. The molecule has 4 heteroatoms. The van der Waals surface area contributed by atoms with Gasteiger partial charge in [0.05, 0.1) is 0 Å². The molecule has 0 fully saturated rings. The molecule has 1 amide bonds. The van der Waals surface area contributed by atoms with Gasteiger partial charge in [-0.05, 0) is 30.5 Å². The van der Waals surface area contributed by atoms with Crippen molar-refractivity contribution in [1.29, 1.82) is 0 Å². The van der Waals surface area contributed by atoms with E-state index >= 15 is 0 Å². The Kier molecular flexibility index (Phi) is 3.62. The summed E-state index contributed by atoms with van der Waals surface area (Å²) in [6.45, 7) is 3.29. The largest absolute Gasteiger partial charge is 0.356 e. The monoisotopic (exact) mass is 319 g/mol. The minimum Gasteiger partial charge on any atom is -0.356 e. The second-order valence-corrected chi connectivity index (χ2v) is 6.49. The molecule has 0 aliphatic carbocycles. The van der Waals surface area contributed by atoms with Gasteiger partial charge in [0.2, 0.25) is 5.91 Å². The van der Waals surface area contributed by atoms with E-state index in [0.29, 0.717) is 6.54 Å². The maximum atomic E-state index is 12.9. The van der Waals surface area contributed by atoms with Crippen molar-refractivity contribution < 1.29 is 4.79 Å². The summed E-state index contributed by atoms with van der Waals surface area (Å²) in [5.41, 5.74) is 3.69. The van der Waals surface area contributed by atoms with Crippen molar-refractivity contribution in [3.05, 3.63) is 71.4 Å². The lowest BCUT2D eigenvalue weighted by Gasteiger charge is -2.33. The molecule has 4 nitrogen and oxygen atoms in total. The molecule has 0 bridgehead atoms. The first-order chi connectivity index (χ1) is 11.7. The van der Waals surface area contributed by atoms with Gasteiger partial charge in [-0.1, -0.05) is 48.5 Å². The smallest absolute Gasteiger partial charge is 0.246 e. The van der Waals surface area contributed by atoms with Crippen LogP contribution in [0.3, 0.4) is 0 Å². The number of fused-ring (bicyclic) bond motifs is 3. The van der Waals surface area contributed by atoms with Crippen LogP contribution in [0.4, 0.5) is 0 Å². The van der Waals surface area contributed by atoms with Crippen LogP contribution in [0.15, 0.2) is 54.6 Å². The molecule has 1 aromatic heterocycles. The number of aromatic amines is 1. The van der Waals surface area contributed by atoms with Crippen molar-refractivity contribution in [3.63, 3.8) is 0 Å².